The second-order valence-electron chi connectivity index (χ2n) is 5.39. The molecule has 0 atom stereocenters. The lowest BCUT2D eigenvalue weighted by atomic mass is 10.2. The summed E-state index contributed by atoms with van der Waals surface area (Å²) in [6.07, 6.45) is 0. The predicted molar refractivity (Wildman–Crippen MR) is 102 cm³/mol. The summed E-state index contributed by atoms with van der Waals surface area (Å²) in [4.78, 5) is 0. The van der Waals surface area contributed by atoms with Crippen LogP contribution in [0.5, 0.6) is 0 Å². The first kappa shape index (κ1) is 15.5. The Kier molecular flexibility index (Phi) is 4.76. The molecule has 0 nitrogen and oxygen atoms in total. The second-order valence-corrected chi connectivity index (χ2v) is 8.46. The lowest BCUT2D eigenvalue weighted by Gasteiger charge is -2.23. The van der Waals surface area contributed by atoms with Crippen molar-refractivity contribution in [2.75, 3.05) is 0 Å². The number of hydrogen-bond donors (Lipinski definition) is 0. The summed E-state index contributed by atoms with van der Waals surface area (Å²) in [7, 11) is -0.521. The van der Waals surface area contributed by atoms with Gasteiger partial charge in [0, 0.05) is 4.47 Å². The van der Waals surface area contributed by atoms with Crippen LogP contribution in [0.25, 0.3) is 0 Å². The fourth-order valence-corrected chi connectivity index (χ4v) is 6.09. The van der Waals surface area contributed by atoms with Crippen molar-refractivity contribution in [3.05, 3.63) is 88.4 Å². The lowest BCUT2D eigenvalue weighted by Crippen LogP contribution is -2.24. The van der Waals surface area contributed by atoms with Crippen LogP contribution in [0.2, 0.25) is 0 Å². The third-order valence-electron chi connectivity index (χ3n) is 3.71. The van der Waals surface area contributed by atoms with Crippen molar-refractivity contribution in [3.63, 3.8) is 0 Å². The molecule has 0 aliphatic carbocycles. The first-order valence-electron chi connectivity index (χ1n) is 7.34. The SMILES string of the molecule is Cc1cc(Br)cc(C)c1P(c1ccccc1)c1ccccc1. The van der Waals surface area contributed by atoms with Crippen LogP contribution in [-0.2, 0) is 0 Å². The Hall–Kier alpha value is -1.43. The first-order chi connectivity index (χ1) is 10.7. The zero-order valence-electron chi connectivity index (χ0n) is 12.8. The molecule has 3 aromatic carbocycles. The number of hydrogen-bond acceptors (Lipinski definition) is 0. The summed E-state index contributed by atoms with van der Waals surface area (Å²) in [6.45, 7) is 4.43. The molecule has 0 bridgehead atoms. The van der Waals surface area contributed by atoms with Gasteiger partial charge in [-0.25, -0.2) is 0 Å². The number of aryl methyl sites for hydroxylation is 2. The third-order valence-corrected chi connectivity index (χ3v) is 6.95. The summed E-state index contributed by atoms with van der Waals surface area (Å²) in [5.74, 6) is 0. The summed E-state index contributed by atoms with van der Waals surface area (Å²) < 4.78 is 1.15. The first-order valence-corrected chi connectivity index (χ1v) is 9.47. The Balaban J connectivity index is 2.24. The van der Waals surface area contributed by atoms with Crippen molar-refractivity contribution in [1.29, 1.82) is 0 Å². The molecule has 0 unspecified atom stereocenters. The van der Waals surface area contributed by atoms with E-state index in [2.05, 4.69) is 103 Å². The van der Waals surface area contributed by atoms with Crippen LogP contribution in [-0.4, -0.2) is 0 Å². The van der Waals surface area contributed by atoms with Gasteiger partial charge in [0.1, 0.15) is 0 Å². The van der Waals surface area contributed by atoms with Crippen molar-refractivity contribution in [1.82, 2.24) is 0 Å². The molecule has 0 heterocycles. The zero-order chi connectivity index (χ0) is 15.5. The minimum Gasteiger partial charge on any atom is -0.0622 e. The van der Waals surface area contributed by atoms with Crippen molar-refractivity contribution < 1.29 is 0 Å². The molecule has 0 spiro atoms. The maximum absolute atomic E-state index is 3.62. The Morgan fingerprint density at radius 3 is 1.50 bits per heavy atom. The van der Waals surface area contributed by atoms with E-state index in [9.17, 15) is 0 Å². The van der Waals surface area contributed by atoms with Gasteiger partial charge in [-0.3, -0.25) is 0 Å². The molecule has 3 aromatic rings. The molecular formula is C20H18BrP. The Bertz CT molecular complexity index is 704. The average molecular weight is 369 g/mol. The molecule has 0 fully saturated rings. The van der Waals surface area contributed by atoms with E-state index in [4.69, 9.17) is 0 Å². The monoisotopic (exact) mass is 368 g/mol. The van der Waals surface area contributed by atoms with Gasteiger partial charge in [0.15, 0.2) is 0 Å². The lowest BCUT2D eigenvalue weighted by molar-refractivity contribution is 1.41. The van der Waals surface area contributed by atoms with E-state index in [0.717, 1.165) is 4.47 Å². The van der Waals surface area contributed by atoms with Crippen LogP contribution in [0.15, 0.2) is 77.3 Å². The normalized spacial score (nSPS) is 10.9. The summed E-state index contributed by atoms with van der Waals surface area (Å²) in [6, 6.07) is 26.2. The topological polar surface area (TPSA) is 0 Å². The molecular weight excluding hydrogens is 351 g/mol. The molecule has 0 aliphatic rings. The maximum Gasteiger partial charge on any atom is 0.0180 e. The highest BCUT2D eigenvalue weighted by Crippen LogP contribution is 2.36. The smallest absolute Gasteiger partial charge is 0.0180 e. The maximum atomic E-state index is 3.62. The number of halogens is 1. The van der Waals surface area contributed by atoms with Crippen molar-refractivity contribution in [3.8, 4) is 0 Å². The van der Waals surface area contributed by atoms with E-state index in [1.165, 1.54) is 27.0 Å². The highest BCUT2D eigenvalue weighted by atomic mass is 79.9. The number of rotatable bonds is 3. The van der Waals surface area contributed by atoms with E-state index < -0.39 is 7.92 Å². The highest BCUT2D eigenvalue weighted by molar-refractivity contribution is 9.10. The Morgan fingerprint density at radius 1 is 0.682 bits per heavy atom. The van der Waals surface area contributed by atoms with Crippen LogP contribution in [0.4, 0.5) is 0 Å². The molecule has 3 rings (SSSR count). The standard InChI is InChI=1S/C20H18BrP/c1-15-13-17(21)14-16(2)20(15)22(18-9-5-3-6-10-18)19-11-7-4-8-12-19/h3-14H,1-2H3. The van der Waals surface area contributed by atoms with Crippen LogP contribution in [0, 0.1) is 13.8 Å². The summed E-state index contributed by atoms with van der Waals surface area (Å²) in [5, 5.41) is 4.27. The molecule has 0 radical (unpaired) electrons. The molecule has 0 aromatic heterocycles. The zero-order valence-corrected chi connectivity index (χ0v) is 15.2. The van der Waals surface area contributed by atoms with E-state index in [1.807, 2.05) is 0 Å². The average Bonchev–Trinajstić information content (AvgIpc) is 2.52. The van der Waals surface area contributed by atoms with Gasteiger partial charge in [-0.05, 0) is 60.9 Å². The quantitative estimate of drug-likeness (QED) is 0.581. The van der Waals surface area contributed by atoms with Gasteiger partial charge >= 0.3 is 0 Å². The van der Waals surface area contributed by atoms with Crippen LogP contribution < -0.4 is 15.9 Å². The summed E-state index contributed by atoms with van der Waals surface area (Å²) in [5.41, 5.74) is 2.70. The molecule has 0 N–H and O–H groups in total. The second kappa shape index (κ2) is 6.77. The van der Waals surface area contributed by atoms with Crippen molar-refractivity contribution >= 4 is 39.8 Å². The minimum atomic E-state index is -0.521. The molecule has 0 saturated heterocycles. The van der Waals surface area contributed by atoms with Crippen LogP contribution in [0.1, 0.15) is 11.1 Å². The number of benzene rings is 3. The van der Waals surface area contributed by atoms with Crippen LogP contribution >= 0.6 is 23.9 Å². The van der Waals surface area contributed by atoms with Gasteiger partial charge in [0.2, 0.25) is 0 Å². The third kappa shape index (κ3) is 3.16. The fraction of sp³-hybridized carbons (Fsp3) is 0.100. The molecule has 22 heavy (non-hydrogen) atoms. The van der Waals surface area contributed by atoms with Crippen LogP contribution in [0.3, 0.4) is 0 Å². The van der Waals surface area contributed by atoms with Gasteiger partial charge in [0.25, 0.3) is 0 Å². The molecule has 110 valence electrons. The Morgan fingerprint density at radius 2 is 1.09 bits per heavy atom. The fourth-order valence-electron chi connectivity index (χ4n) is 2.82. The van der Waals surface area contributed by atoms with E-state index in [0.29, 0.717) is 0 Å². The Labute approximate surface area is 142 Å². The molecule has 0 aliphatic heterocycles. The molecule has 0 saturated carbocycles. The van der Waals surface area contributed by atoms with E-state index in [-0.39, 0.29) is 0 Å². The van der Waals surface area contributed by atoms with Crippen molar-refractivity contribution in [2.45, 2.75) is 13.8 Å². The van der Waals surface area contributed by atoms with Gasteiger partial charge < -0.3 is 0 Å². The van der Waals surface area contributed by atoms with Gasteiger partial charge in [-0.2, -0.15) is 0 Å². The van der Waals surface area contributed by atoms with E-state index >= 15 is 0 Å². The molecule has 0 amide bonds. The predicted octanol–water partition coefficient (Wildman–Crippen LogP) is 4.82. The molecule has 2 heteroatoms. The minimum absolute atomic E-state index is 0.521. The summed E-state index contributed by atoms with van der Waals surface area (Å²) >= 11 is 3.62. The van der Waals surface area contributed by atoms with Crippen molar-refractivity contribution in [2.24, 2.45) is 0 Å². The largest absolute Gasteiger partial charge is 0.0622 e. The van der Waals surface area contributed by atoms with Gasteiger partial charge in [-0.15, -0.1) is 0 Å². The van der Waals surface area contributed by atoms with Gasteiger partial charge in [-0.1, -0.05) is 76.6 Å². The van der Waals surface area contributed by atoms with E-state index in [1.54, 1.807) is 0 Å². The highest BCUT2D eigenvalue weighted by Gasteiger charge is 2.20. The van der Waals surface area contributed by atoms with Gasteiger partial charge in [0.05, 0.1) is 0 Å².